The molecule has 0 atom stereocenters. The second kappa shape index (κ2) is 10.4. The van der Waals surface area contributed by atoms with Gasteiger partial charge in [0.1, 0.15) is 0 Å². The Labute approximate surface area is 256 Å². The van der Waals surface area contributed by atoms with Crippen LogP contribution in [0.25, 0.3) is 76.8 Å². The van der Waals surface area contributed by atoms with E-state index in [9.17, 15) is 0 Å². The van der Waals surface area contributed by atoms with Gasteiger partial charge in [0.05, 0.1) is 0 Å². The SMILES string of the molecule is Nc1ccc(-c2c(-c3ccc4ccccc4c3)cc(-c3cccc(N)c3)c3cccc(-c4ccc5ccccc5c4)c23)cc1. The minimum atomic E-state index is 0.746. The minimum absolute atomic E-state index is 0.746. The van der Waals surface area contributed by atoms with Gasteiger partial charge in [0.15, 0.2) is 0 Å². The monoisotopic (exact) mass is 562 g/mol. The van der Waals surface area contributed by atoms with Gasteiger partial charge in [-0.05, 0) is 119 Å². The van der Waals surface area contributed by atoms with Crippen LogP contribution in [0.2, 0.25) is 0 Å². The molecule has 8 aromatic carbocycles. The molecule has 4 N–H and O–H groups in total. The number of nitrogens with two attached hydrogens (primary N) is 2. The van der Waals surface area contributed by atoms with Crippen LogP contribution in [0, 0.1) is 0 Å². The molecule has 0 saturated heterocycles. The van der Waals surface area contributed by atoms with Gasteiger partial charge in [0.2, 0.25) is 0 Å². The molecule has 0 amide bonds. The van der Waals surface area contributed by atoms with E-state index in [0.29, 0.717) is 0 Å². The molecule has 0 spiro atoms. The van der Waals surface area contributed by atoms with E-state index in [1.54, 1.807) is 0 Å². The molecule has 0 radical (unpaired) electrons. The van der Waals surface area contributed by atoms with Crippen molar-refractivity contribution in [3.63, 3.8) is 0 Å². The van der Waals surface area contributed by atoms with Crippen LogP contribution < -0.4 is 11.5 Å². The molecule has 0 unspecified atom stereocenters. The summed E-state index contributed by atoms with van der Waals surface area (Å²) in [6.07, 6.45) is 0. The molecule has 8 aromatic rings. The van der Waals surface area contributed by atoms with Crippen molar-refractivity contribution in [1.82, 2.24) is 0 Å². The Morgan fingerprint density at radius 2 is 0.886 bits per heavy atom. The molecule has 8 rings (SSSR count). The Balaban J connectivity index is 1.54. The molecule has 2 nitrogen and oxygen atoms in total. The van der Waals surface area contributed by atoms with E-state index in [0.717, 1.165) is 33.6 Å². The predicted molar refractivity (Wildman–Crippen MR) is 190 cm³/mol. The van der Waals surface area contributed by atoms with Crippen LogP contribution >= 0.6 is 0 Å². The normalized spacial score (nSPS) is 11.4. The summed E-state index contributed by atoms with van der Waals surface area (Å²) in [6, 6.07) is 56.1. The first-order chi connectivity index (χ1) is 21.6. The summed E-state index contributed by atoms with van der Waals surface area (Å²) in [7, 11) is 0. The smallest absolute Gasteiger partial charge is 0.0320 e. The van der Waals surface area contributed by atoms with Crippen molar-refractivity contribution >= 4 is 43.7 Å². The maximum Gasteiger partial charge on any atom is 0.0320 e. The predicted octanol–water partition coefficient (Wildman–Crippen LogP) is 11.0. The number of hydrogen-bond donors (Lipinski definition) is 2. The average molecular weight is 563 g/mol. The van der Waals surface area contributed by atoms with Gasteiger partial charge in [-0.1, -0.05) is 115 Å². The first kappa shape index (κ1) is 25.8. The Hall–Kier alpha value is -5.86. The van der Waals surface area contributed by atoms with E-state index in [-0.39, 0.29) is 0 Å². The van der Waals surface area contributed by atoms with Crippen LogP contribution in [0.5, 0.6) is 0 Å². The van der Waals surface area contributed by atoms with Crippen molar-refractivity contribution in [2.75, 3.05) is 11.5 Å². The van der Waals surface area contributed by atoms with Crippen LogP contribution in [0.4, 0.5) is 11.4 Å². The summed E-state index contributed by atoms with van der Waals surface area (Å²) in [4.78, 5) is 0. The molecule has 0 saturated carbocycles. The summed E-state index contributed by atoms with van der Waals surface area (Å²) in [5.41, 5.74) is 23.3. The fourth-order valence-corrected chi connectivity index (χ4v) is 6.55. The van der Waals surface area contributed by atoms with Gasteiger partial charge < -0.3 is 11.5 Å². The molecule has 0 heterocycles. The van der Waals surface area contributed by atoms with Crippen LogP contribution in [-0.4, -0.2) is 0 Å². The van der Waals surface area contributed by atoms with E-state index in [4.69, 9.17) is 11.5 Å². The largest absolute Gasteiger partial charge is 0.399 e. The fourth-order valence-electron chi connectivity index (χ4n) is 6.55. The van der Waals surface area contributed by atoms with Crippen molar-refractivity contribution in [2.45, 2.75) is 0 Å². The van der Waals surface area contributed by atoms with Crippen molar-refractivity contribution in [3.8, 4) is 44.5 Å². The van der Waals surface area contributed by atoms with Crippen molar-refractivity contribution in [1.29, 1.82) is 0 Å². The van der Waals surface area contributed by atoms with Gasteiger partial charge in [0.25, 0.3) is 0 Å². The van der Waals surface area contributed by atoms with Gasteiger partial charge in [-0.15, -0.1) is 0 Å². The summed E-state index contributed by atoms with van der Waals surface area (Å²) in [5, 5.41) is 7.26. The Bertz CT molecular complexity index is 2350. The summed E-state index contributed by atoms with van der Waals surface area (Å²) in [6.45, 7) is 0. The molecule has 44 heavy (non-hydrogen) atoms. The third kappa shape index (κ3) is 4.45. The highest BCUT2D eigenvalue weighted by molar-refractivity contribution is 6.17. The Kier molecular flexibility index (Phi) is 6.13. The second-order valence-corrected chi connectivity index (χ2v) is 11.4. The fraction of sp³-hybridized carbons (Fsp3) is 0. The zero-order valence-electron chi connectivity index (χ0n) is 24.2. The van der Waals surface area contributed by atoms with Crippen LogP contribution in [0.1, 0.15) is 0 Å². The van der Waals surface area contributed by atoms with Crippen molar-refractivity contribution in [2.24, 2.45) is 0 Å². The molecule has 2 heteroatoms. The highest BCUT2D eigenvalue weighted by Crippen LogP contribution is 2.47. The molecular weight excluding hydrogens is 532 g/mol. The van der Waals surface area contributed by atoms with E-state index < -0.39 is 0 Å². The number of benzene rings is 8. The van der Waals surface area contributed by atoms with E-state index in [1.807, 2.05) is 24.3 Å². The maximum atomic E-state index is 6.35. The zero-order chi connectivity index (χ0) is 29.6. The summed E-state index contributed by atoms with van der Waals surface area (Å²) < 4.78 is 0. The Morgan fingerprint density at radius 1 is 0.318 bits per heavy atom. The molecular formula is C42H30N2. The second-order valence-electron chi connectivity index (χ2n) is 11.4. The minimum Gasteiger partial charge on any atom is -0.399 e. The lowest BCUT2D eigenvalue weighted by atomic mass is 9.82. The van der Waals surface area contributed by atoms with Crippen LogP contribution in [-0.2, 0) is 0 Å². The standard InChI is InChI=1S/C42H30N2/c43-35-21-19-29(20-22-35)41-40(34-18-16-28-8-2-4-10-31(28)24-34)26-39(32-11-5-12-36(44)25-32)38-14-6-13-37(42(38)41)33-17-15-27-7-1-3-9-30(27)23-33/h1-26H,43-44H2. The van der Waals surface area contributed by atoms with Gasteiger partial charge in [-0.3, -0.25) is 0 Å². The van der Waals surface area contributed by atoms with Gasteiger partial charge in [-0.2, -0.15) is 0 Å². The average Bonchev–Trinajstić information content (AvgIpc) is 3.07. The topological polar surface area (TPSA) is 52.0 Å². The number of hydrogen-bond acceptors (Lipinski definition) is 2. The number of anilines is 2. The molecule has 0 aromatic heterocycles. The first-order valence-electron chi connectivity index (χ1n) is 14.9. The number of fused-ring (bicyclic) bond motifs is 3. The van der Waals surface area contributed by atoms with E-state index >= 15 is 0 Å². The first-order valence-corrected chi connectivity index (χ1v) is 14.9. The third-order valence-electron chi connectivity index (χ3n) is 8.68. The summed E-state index contributed by atoms with van der Waals surface area (Å²) >= 11 is 0. The molecule has 0 bridgehead atoms. The zero-order valence-corrected chi connectivity index (χ0v) is 24.2. The highest BCUT2D eigenvalue weighted by atomic mass is 14.5. The van der Waals surface area contributed by atoms with Gasteiger partial charge in [0, 0.05) is 11.4 Å². The molecule has 0 aliphatic heterocycles. The van der Waals surface area contributed by atoms with E-state index in [2.05, 4.69) is 133 Å². The highest BCUT2D eigenvalue weighted by Gasteiger charge is 2.20. The lowest BCUT2D eigenvalue weighted by Crippen LogP contribution is -1.95. The van der Waals surface area contributed by atoms with Gasteiger partial charge in [-0.25, -0.2) is 0 Å². The van der Waals surface area contributed by atoms with Crippen LogP contribution in [0.15, 0.2) is 158 Å². The van der Waals surface area contributed by atoms with Crippen LogP contribution in [0.3, 0.4) is 0 Å². The van der Waals surface area contributed by atoms with Crippen molar-refractivity contribution < 1.29 is 0 Å². The molecule has 0 aliphatic carbocycles. The Morgan fingerprint density at radius 3 is 1.55 bits per heavy atom. The lowest BCUT2D eigenvalue weighted by Gasteiger charge is -2.21. The lowest BCUT2D eigenvalue weighted by molar-refractivity contribution is 1.59. The van der Waals surface area contributed by atoms with E-state index in [1.165, 1.54) is 54.6 Å². The number of rotatable bonds is 4. The quantitative estimate of drug-likeness (QED) is 0.210. The number of nitrogen functional groups attached to an aromatic ring is 2. The molecule has 0 fully saturated rings. The molecule has 208 valence electrons. The maximum absolute atomic E-state index is 6.35. The molecule has 0 aliphatic rings. The van der Waals surface area contributed by atoms with Gasteiger partial charge >= 0.3 is 0 Å². The third-order valence-corrected chi connectivity index (χ3v) is 8.68. The summed E-state index contributed by atoms with van der Waals surface area (Å²) in [5.74, 6) is 0. The van der Waals surface area contributed by atoms with Crippen molar-refractivity contribution in [3.05, 3.63) is 158 Å².